The standard InChI is InChI=1S/C17H14N4OS/c1-17(2,10-18)16(22)21-14-8-7-11(9-19-14)15-20-12-5-3-4-6-13(12)23-15/h3-9H,1-2H3,(H,19,21,22). The molecule has 3 rings (SSSR count). The van der Waals surface area contributed by atoms with Crippen LogP contribution in [0.4, 0.5) is 5.82 Å². The molecule has 2 aromatic heterocycles. The van der Waals surface area contributed by atoms with E-state index in [0.717, 1.165) is 20.8 Å². The Morgan fingerprint density at radius 1 is 1.26 bits per heavy atom. The summed E-state index contributed by atoms with van der Waals surface area (Å²) in [5, 5.41) is 12.5. The van der Waals surface area contributed by atoms with Gasteiger partial charge in [-0.3, -0.25) is 4.79 Å². The van der Waals surface area contributed by atoms with Gasteiger partial charge in [0.15, 0.2) is 0 Å². The van der Waals surface area contributed by atoms with Crippen molar-refractivity contribution in [3.8, 4) is 16.6 Å². The highest BCUT2D eigenvalue weighted by atomic mass is 32.1. The Bertz CT molecular complexity index is 873. The molecule has 0 saturated carbocycles. The molecule has 0 fully saturated rings. The van der Waals surface area contributed by atoms with E-state index in [9.17, 15) is 4.79 Å². The molecule has 0 radical (unpaired) electrons. The highest BCUT2D eigenvalue weighted by Gasteiger charge is 2.27. The number of pyridine rings is 1. The van der Waals surface area contributed by atoms with Crippen LogP contribution in [0.5, 0.6) is 0 Å². The van der Waals surface area contributed by atoms with Gasteiger partial charge < -0.3 is 5.32 Å². The molecule has 0 spiro atoms. The van der Waals surface area contributed by atoms with Crippen molar-refractivity contribution in [1.82, 2.24) is 9.97 Å². The zero-order chi connectivity index (χ0) is 16.4. The number of nitrogens with one attached hydrogen (secondary N) is 1. The summed E-state index contributed by atoms with van der Waals surface area (Å²) >= 11 is 1.60. The van der Waals surface area contributed by atoms with Crippen LogP contribution in [0.3, 0.4) is 0 Å². The van der Waals surface area contributed by atoms with Crippen LogP contribution in [-0.4, -0.2) is 15.9 Å². The number of hydrogen-bond donors (Lipinski definition) is 1. The molecule has 3 aromatic rings. The second-order valence-corrected chi connectivity index (χ2v) is 6.64. The lowest BCUT2D eigenvalue weighted by molar-refractivity contribution is -0.121. The summed E-state index contributed by atoms with van der Waals surface area (Å²) in [5.41, 5.74) is 0.761. The number of benzene rings is 1. The van der Waals surface area contributed by atoms with E-state index in [-0.39, 0.29) is 5.91 Å². The second kappa shape index (κ2) is 5.78. The lowest BCUT2D eigenvalue weighted by atomic mass is 9.95. The van der Waals surface area contributed by atoms with E-state index >= 15 is 0 Å². The van der Waals surface area contributed by atoms with Crippen molar-refractivity contribution < 1.29 is 4.79 Å². The maximum absolute atomic E-state index is 12.0. The average Bonchev–Trinajstić information content (AvgIpc) is 2.99. The molecule has 0 aliphatic heterocycles. The third-order valence-corrected chi connectivity index (χ3v) is 4.48. The SMILES string of the molecule is CC(C)(C#N)C(=O)Nc1ccc(-c2nc3ccccc3s2)cn1. The highest BCUT2D eigenvalue weighted by Crippen LogP contribution is 2.30. The fourth-order valence-electron chi connectivity index (χ4n) is 1.91. The zero-order valence-corrected chi connectivity index (χ0v) is 13.5. The molecule has 0 saturated heterocycles. The van der Waals surface area contributed by atoms with Crippen LogP contribution in [0, 0.1) is 16.7 Å². The van der Waals surface area contributed by atoms with Crippen LogP contribution in [0.2, 0.25) is 0 Å². The Balaban J connectivity index is 1.82. The number of para-hydroxylation sites is 1. The minimum atomic E-state index is -1.09. The summed E-state index contributed by atoms with van der Waals surface area (Å²) in [6.45, 7) is 3.13. The molecular weight excluding hydrogens is 308 g/mol. The Morgan fingerprint density at radius 2 is 2.04 bits per heavy atom. The van der Waals surface area contributed by atoms with Crippen LogP contribution in [0.1, 0.15) is 13.8 Å². The van der Waals surface area contributed by atoms with E-state index in [1.165, 1.54) is 0 Å². The van der Waals surface area contributed by atoms with E-state index in [1.54, 1.807) is 37.4 Å². The van der Waals surface area contributed by atoms with Crippen molar-refractivity contribution in [1.29, 1.82) is 5.26 Å². The summed E-state index contributed by atoms with van der Waals surface area (Å²) in [5.74, 6) is 0.0448. The van der Waals surface area contributed by atoms with Gasteiger partial charge in [-0.1, -0.05) is 12.1 Å². The number of anilines is 1. The number of amides is 1. The number of nitriles is 1. The first kappa shape index (κ1) is 15.1. The van der Waals surface area contributed by atoms with Crippen LogP contribution in [-0.2, 0) is 4.79 Å². The number of rotatable bonds is 3. The predicted molar refractivity (Wildman–Crippen MR) is 90.9 cm³/mol. The summed E-state index contributed by atoms with van der Waals surface area (Å²) in [6.07, 6.45) is 1.67. The van der Waals surface area contributed by atoms with Gasteiger partial charge in [-0.05, 0) is 38.1 Å². The highest BCUT2D eigenvalue weighted by molar-refractivity contribution is 7.21. The zero-order valence-electron chi connectivity index (χ0n) is 12.7. The van der Waals surface area contributed by atoms with Gasteiger partial charge in [0.05, 0.1) is 16.3 Å². The van der Waals surface area contributed by atoms with Crippen LogP contribution in [0.25, 0.3) is 20.8 Å². The number of thiazole rings is 1. The molecule has 6 heteroatoms. The van der Waals surface area contributed by atoms with E-state index in [2.05, 4.69) is 15.3 Å². The smallest absolute Gasteiger partial charge is 0.245 e. The second-order valence-electron chi connectivity index (χ2n) is 5.61. The molecule has 0 bridgehead atoms. The van der Waals surface area contributed by atoms with Crippen molar-refractivity contribution in [2.45, 2.75) is 13.8 Å². The molecule has 2 heterocycles. The van der Waals surface area contributed by atoms with Gasteiger partial charge in [-0.25, -0.2) is 9.97 Å². The van der Waals surface area contributed by atoms with Crippen molar-refractivity contribution in [2.75, 3.05) is 5.32 Å². The monoisotopic (exact) mass is 322 g/mol. The Hall–Kier alpha value is -2.78. The molecule has 0 aliphatic rings. The van der Waals surface area contributed by atoms with Crippen LogP contribution < -0.4 is 5.32 Å². The molecule has 5 nitrogen and oxygen atoms in total. The van der Waals surface area contributed by atoms with Crippen LogP contribution in [0.15, 0.2) is 42.6 Å². The number of fused-ring (bicyclic) bond motifs is 1. The lowest BCUT2D eigenvalue weighted by Gasteiger charge is -2.14. The van der Waals surface area contributed by atoms with Gasteiger partial charge in [0.1, 0.15) is 16.2 Å². The van der Waals surface area contributed by atoms with Crippen molar-refractivity contribution in [2.24, 2.45) is 5.41 Å². The van der Waals surface area contributed by atoms with Gasteiger partial charge >= 0.3 is 0 Å². The van der Waals surface area contributed by atoms with Crippen molar-refractivity contribution in [3.63, 3.8) is 0 Å². The van der Waals surface area contributed by atoms with Crippen molar-refractivity contribution >= 4 is 33.3 Å². The summed E-state index contributed by atoms with van der Waals surface area (Å²) in [7, 11) is 0. The van der Waals surface area contributed by atoms with Gasteiger partial charge in [0.25, 0.3) is 0 Å². The van der Waals surface area contributed by atoms with Gasteiger partial charge in [0, 0.05) is 11.8 Å². The topological polar surface area (TPSA) is 78.7 Å². The van der Waals surface area contributed by atoms with Crippen molar-refractivity contribution in [3.05, 3.63) is 42.6 Å². The number of nitrogens with zero attached hydrogens (tertiary/aromatic N) is 3. The van der Waals surface area contributed by atoms with Gasteiger partial charge in [-0.2, -0.15) is 5.26 Å². The first-order valence-corrected chi connectivity index (χ1v) is 7.86. The molecule has 1 N–H and O–H groups in total. The number of hydrogen-bond acceptors (Lipinski definition) is 5. The first-order valence-electron chi connectivity index (χ1n) is 7.04. The maximum atomic E-state index is 12.0. The molecule has 0 unspecified atom stereocenters. The van der Waals surface area contributed by atoms with E-state index in [4.69, 9.17) is 5.26 Å². The fourth-order valence-corrected chi connectivity index (χ4v) is 2.87. The molecule has 23 heavy (non-hydrogen) atoms. The third kappa shape index (κ3) is 3.05. The lowest BCUT2D eigenvalue weighted by Crippen LogP contribution is -2.29. The van der Waals surface area contributed by atoms with Gasteiger partial charge in [0.2, 0.25) is 5.91 Å². The molecular formula is C17H14N4OS. The maximum Gasteiger partial charge on any atom is 0.245 e. The Kier molecular flexibility index (Phi) is 3.80. The van der Waals surface area contributed by atoms with Crippen LogP contribution >= 0.6 is 11.3 Å². The fraction of sp³-hybridized carbons (Fsp3) is 0.176. The minimum absolute atomic E-state index is 0.375. The molecule has 1 amide bonds. The molecule has 1 aromatic carbocycles. The van der Waals surface area contributed by atoms with E-state index < -0.39 is 5.41 Å². The Morgan fingerprint density at radius 3 is 2.70 bits per heavy atom. The Labute approximate surface area is 137 Å². The average molecular weight is 322 g/mol. The van der Waals surface area contributed by atoms with E-state index in [0.29, 0.717) is 5.82 Å². The largest absolute Gasteiger partial charge is 0.309 e. The van der Waals surface area contributed by atoms with Gasteiger partial charge in [-0.15, -0.1) is 11.3 Å². The normalized spacial score (nSPS) is 11.2. The summed E-state index contributed by atoms with van der Waals surface area (Å²) < 4.78 is 1.12. The van der Waals surface area contributed by atoms with E-state index in [1.807, 2.05) is 36.4 Å². The predicted octanol–water partition coefficient (Wildman–Crippen LogP) is 3.85. The minimum Gasteiger partial charge on any atom is -0.309 e. The molecule has 0 atom stereocenters. The summed E-state index contributed by atoms with van der Waals surface area (Å²) in [4.78, 5) is 20.8. The summed E-state index contributed by atoms with van der Waals surface area (Å²) in [6, 6.07) is 13.5. The quantitative estimate of drug-likeness (QED) is 0.794. The number of carbonyl (C=O) groups is 1. The number of aromatic nitrogens is 2. The first-order chi connectivity index (χ1) is 11.0. The number of carbonyl (C=O) groups excluding carboxylic acids is 1. The molecule has 114 valence electrons. The third-order valence-electron chi connectivity index (χ3n) is 3.39. The molecule has 0 aliphatic carbocycles.